The molecule has 0 aromatic carbocycles. The van der Waals surface area contributed by atoms with E-state index >= 15 is 0 Å². The zero-order chi connectivity index (χ0) is 6.41. The van der Waals surface area contributed by atoms with Gasteiger partial charge in [-0.25, -0.2) is 0 Å². The Hall–Kier alpha value is 0.0543. The topological polar surface area (TPSA) is 26.3 Å². The van der Waals surface area contributed by atoms with E-state index in [-0.39, 0.29) is 21.7 Å². The van der Waals surface area contributed by atoms with Crippen molar-refractivity contribution in [2.75, 3.05) is 6.61 Å². The van der Waals surface area contributed by atoms with Crippen LogP contribution in [0.4, 0.5) is 0 Å². The maximum Gasteiger partial charge on any atom is 0.164 e. The van der Waals surface area contributed by atoms with Gasteiger partial charge in [-0.15, -0.1) is 0 Å². The van der Waals surface area contributed by atoms with Crippen LogP contribution in [0.1, 0.15) is 19.8 Å². The van der Waals surface area contributed by atoms with Crippen LogP contribution in [-0.4, -0.2) is 12.6 Å². The van der Waals surface area contributed by atoms with E-state index in [2.05, 4.69) is 11.7 Å². The summed E-state index contributed by atoms with van der Waals surface area (Å²) in [7, 11) is 0. The zero-order valence-corrected chi connectivity index (χ0v) is 7.21. The molecule has 0 rings (SSSR count). The second-order valence-corrected chi connectivity index (χ2v) is 1.57. The number of esters is 1. The SMILES string of the molecule is [CH2-]C(=O)OCCCC.[Ti]. The Morgan fingerprint density at radius 3 is 2.56 bits per heavy atom. The summed E-state index contributed by atoms with van der Waals surface area (Å²) in [5.74, 6) is -0.432. The summed E-state index contributed by atoms with van der Waals surface area (Å²) in [6.45, 7) is 5.60. The summed E-state index contributed by atoms with van der Waals surface area (Å²) in [5.41, 5.74) is 0. The first-order valence-corrected chi connectivity index (χ1v) is 2.76. The second-order valence-electron chi connectivity index (χ2n) is 1.57. The first-order valence-electron chi connectivity index (χ1n) is 2.76. The third-order valence-corrected chi connectivity index (χ3v) is 0.761. The van der Waals surface area contributed by atoms with Crippen molar-refractivity contribution >= 4 is 5.97 Å². The molecule has 2 nitrogen and oxygen atoms in total. The van der Waals surface area contributed by atoms with Gasteiger partial charge in [-0.1, -0.05) is 13.3 Å². The fourth-order valence-corrected chi connectivity index (χ4v) is 0.330. The molecule has 0 fully saturated rings. The molecule has 0 spiro atoms. The quantitative estimate of drug-likeness (QED) is 0.270. The van der Waals surface area contributed by atoms with Crippen LogP contribution in [-0.2, 0) is 31.2 Å². The molecule has 0 aromatic heterocycles. The third-order valence-electron chi connectivity index (χ3n) is 0.761. The van der Waals surface area contributed by atoms with Gasteiger partial charge in [0.2, 0.25) is 0 Å². The van der Waals surface area contributed by atoms with E-state index < -0.39 is 5.97 Å². The Morgan fingerprint density at radius 1 is 1.67 bits per heavy atom. The second kappa shape index (κ2) is 8.05. The number of carbonyl (C=O) groups is 1. The normalized spacial score (nSPS) is 7.67. The molecule has 0 N–H and O–H groups in total. The Morgan fingerprint density at radius 2 is 2.22 bits per heavy atom. The fraction of sp³-hybridized carbons (Fsp3) is 0.667. The summed E-state index contributed by atoms with van der Waals surface area (Å²) < 4.78 is 4.53. The van der Waals surface area contributed by atoms with Gasteiger partial charge in [0, 0.05) is 21.7 Å². The minimum Gasteiger partial charge on any atom is -0.488 e. The van der Waals surface area contributed by atoms with Gasteiger partial charge in [-0.2, -0.15) is 0 Å². The number of hydrogen-bond donors (Lipinski definition) is 0. The van der Waals surface area contributed by atoms with Gasteiger partial charge in [0.1, 0.15) is 0 Å². The Bertz CT molecular complexity index is 73.5. The van der Waals surface area contributed by atoms with Crippen LogP contribution in [0.5, 0.6) is 0 Å². The van der Waals surface area contributed by atoms with E-state index in [9.17, 15) is 4.79 Å². The van der Waals surface area contributed by atoms with Gasteiger partial charge in [0.05, 0.1) is 6.61 Å². The van der Waals surface area contributed by atoms with Gasteiger partial charge in [-0.3, -0.25) is 11.7 Å². The van der Waals surface area contributed by atoms with Crippen molar-refractivity contribution in [2.24, 2.45) is 0 Å². The smallest absolute Gasteiger partial charge is 0.164 e. The first-order chi connectivity index (χ1) is 3.77. The van der Waals surface area contributed by atoms with E-state index in [0.717, 1.165) is 12.8 Å². The number of ether oxygens (including phenoxy) is 1. The molecule has 0 bridgehead atoms. The van der Waals surface area contributed by atoms with E-state index in [0.29, 0.717) is 6.61 Å². The Balaban J connectivity index is 0. The van der Waals surface area contributed by atoms with Crippen molar-refractivity contribution < 1.29 is 31.2 Å². The number of hydrogen-bond acceptors (Lipinski definition) is 2. The molecule has 0 heterocycles. The van der Waals surface area contributed by atoms with Gasteiger partial charge in [0.15, 0.2) is 5.97 Å². The summed E-state index contributed by atoms with van der Waals surface area (Å²) in [6.07, 6.45) is 1.98. The molecular weight excluding hydrogens is 152 g/mol. The average Bonchev–Trinajstić information content (AvgIpc) is 1.66. The minimum atomic E-state index is -0.432. The van der Waals surface area contributed by atoms with Crippen molar-refractivity contribution in [3.63, 3.8) is 0 Å². The van der Waals surface area contributed by atoms with Crippen molar-refractivity contribution in [1.29, 1.82) is 0 Å². The molecule has 9 heavy (non-hydrogen) atoms. The number of rotatable bonds is 3. The molecule has 0 unspecified atom stereocenters. The molecule has 0 aliphatic rings. The first kappa shape index (κ1) is 11.8. The molecule has 52 valence electrons. The van der Waals surface area contributed by atoms with Crippen molar-refractivity contribution in [3.05, 3.63) is 6.92 Å². The van der Waals surface area contributed by atoms with Crippen LogP contribution in [0, 0.1) is 6.92 Å². The van der Waals surface area contributed by atoms with Gasteiger partial charge in [-0.05, 0) is 6.42 Å². The van der Waals surface area contributed by atoms with E-state index in [1.807, 2.05) is 6.92 Å². The number of carbonyl (C=O) groups excluding carboxylic acids is 1. The van der Waals surface area contributed by atoms with E-state index in [1.54, 1.807) is 0 Å². The molecule has 0 aliphatic carbocycles. The predicted molar refractivity (Wildman–Crippen MR) is 31.2 cm³/mol. The van der Waals surface area contributed by atoms with E-state index in [1.165, 1.54) is 0 Å². The Kier molecular flexibility index (Phi) is 10.6. The standard InChI is InChI=1S/C6H11O2.Ti/c1-3-4-5-8-6(2)7;/h2-5H2,1H3;/q-1;. The maximum atomic E-state index is 9.99. The van der Waals surface area contributed by atoms with Crippen LogP contribution in [0.25, 0.3) is 0 Å². The van der Waals surface area contributed by atoms with Gasteiger partial charge in [0.25, 0.3) is 0 Å². The zero-order valence-electron chi connectivity index (χ0n) is 5.64. The van der Waals surface area contributed by atoms with Crippen molar-refractivity contribution in [2.45, 2.75) is 19.8 Å². The monoisotopic (exact) mass is 163 g/mol. The molecular formula is C6H11O2Ti-. The maximum absolute atomic E-state index is 9.99. The summed E-state index contributed by atoms with van der Waals surface area (Å²) in [5, 5.41) is 0. The molecule has 3 heteroatoms. The van der Waals surface area contributed by atoms with Crippen LogP contribution in [0.3, 0.4) is 0 Å². The predicted octanol–water partition coefficient (Wildman–Crippen LogP) is 1.16. The molecule has 0 radical (unpaired) electrons. The molecule has 0 aromatic rings. The number of unbranched alkanes of at least 4 members (excludes halogenated alkanes) is 1. The molecule has 0 saturated carbocycles. The summed E-state index contributed by atoms with van der Waals surface area (Å²) in [6, 6.07) is 0. The minimum absolute atomic E-state index is 0. The van der Waals surface area contributed by atoms with Crippen molar-refractivity contribution in [3.8, 4) is 0 Å². The summed E-state index contributed by atoms with van der Waals surface area (Å²) >= 11 is 0. The van der Waals surface area contributed by atoms with Gasteiger partial charge < -0.3 is 4.74 Å². The Labute approximate surface area is 70.8 Å². The average molecular weight is 163 g/mol. The largest absolute Gasteiger partial charge is 0.488 e. The van der Waals surface area contributed by atoms with Gasteiger partial charge >= 0.3 is 0 Å². The molecule has 0 amide bonds. The fourth-order valence-electron chi connectivity index (χ4n) is 0.330. The van der Waals surface area contributed by atoms with Crippen molar-refractivity contribution in [1.82, 2.24) is 0 Å². The third kappa shape index (κ3) is 11.6. The van der Waals surface area contributed by atoms with Crippen LogP contribution in [0.2, 0.25) is 0 Å². The molecule has 0 aliphatic heterocycles. The van der Waals surface area contributed by atoms with E-state index in [4.69, 9.17) is 0 Å². The molecule has 0 atom stereocenters. The van der Waals surface area contributed by atoms with Crippen LogP contribution < -0.4 is 0 Å². The summed E-state index contributed by atoms with van der Waals surface area (Å²) in [4.78, 5) is 9.99. The molecule has 0 saturated heterocycles. The van der Waals surface area contributed by atoms with Crippen LogP contribution >= 0.6 is 0 Å². The van der Waals surface area contributed by atoms with Crippen LogP contribution in [0.15, 0.2) is 0 Å².